The molecule has 2 bridgehead atoms. The molecule has 224 valence electrons. The van der Waals surface area contributed by atoms with E-state index in [0.717, 1.165) is 89.6 Å². The normalized spacial score (nSPS) is 22.2. The minimum atomic E-state index is 0.0118. The van der Waals surface area contributed by atoms with Gasteiger partial charge in [0.2, 0.25) is 0 Å². The summed E-state index contributed by atoms with van der Waals surface area (Å²) in [5, 5.41) is 1.09. The van der Waals surface area contributed by atoms with E-state index in [9.17, 15) is 4.79 Å². The zero-order valence-corrected chi connectivity index (χ0v) is 25.1. The summed E-state index contributed by atoms with van der Waals surface area (Å²) in [6.07, 6.45) is 5.48. The fraction of sp³-hybridized carbons (Fsp3) is 0.400. The third-order valence-corrected chi connectivity index (χ3v) is 10.4. The molecule has 2 aliphatic carbocycles. The maximum absolute atomic E-state index is 13.7. The molecule has 2 saturated carbocycles. The van der Waals surface area contributed by atoms with Gasteiger partial charge in [0, 0.05) is 55.2 Å². The Kier molecular flexibility index (Phi) is 5.67. The average molecular weight is 589 g/mol. The van der Waals surface area contributed by atoms with Crippen molar-refractivity contribution in [2.45, 2.75) is 50.7 Å². The van der Waals surface area contributed by atoms with E-state index in [-0.39, 0.29) is 18.0 Å². The lowest BCUT2D eigenvalue weighted by molar-refractivity contribution is 0.0700. The van der Waals surface area contributed by atoms with Crippen LogP contribution in [0.5, 0.6) is 11.5 Å². The van der Waals surface area contributed by atoms with Crippen LogP contribution >= 0.6 is 0 Å². The molecule has 2 N–H and O–H groups in total. The van der Waals surface area contributed by atoms with Crippen molar-refractivity contribution < 1.29 is 14.3 Å². The van der Waals surface area contributed by atoms with Gasteiger partial charge >= 0.3 is 0 Å². The number of amides is 1. The number of fused-ring (bicyclic) bond motifs is 5. The van der Waals surface area contributed by atoms with Crippen LogP contribution in [0.2, 0.25) is 0 Å². The topological polar surface area (TPSA) is 100 Å². The fourth-order valence-corrected chi connectivity index (χ4v) is 7.83. The van der Waals surface area contributed by atoms with Crippen LogP contribution < -0.4 is 15.2 Å². The Morgan fingerprint density at radius 3 is 2.73 bits per heavy atom. The van der Waals surface area contributed by atoms with E-state index in [2.05, 4.69) is 45.5 Å². The van der Waals surface area contributed by atoms with Crippen LogP contribution in [0, 0.1) is 11.8 Å². The maximum atomic E-state index is 13.7. The summed E-state index contributed by atoms with van der Waals surface area (Å²) in [7, 11) is 3.68. The summed E-state index contributed by atoms with van der Waals surface area (Å²) in [5.74, 6) is 3.51. The van der Waals surface area contributed by atoms with Gasteiger partial charge in [-0.05, 0) is 91.6 Å². The molecule has 2 aromatic carbocycles. The smallest absolute Gasteiger partial charge is 0.254 e. The summed E-state index contributed by atoms with van der Waals surface area (Å²) >= 11 is 0. The van der Waals surface area contributed by atoms with E-state index in [1.807, 2.05) is 24.1 Å². The summed E-state index contributed by atoms with van der Waals surface area (Å²) in [4.78, 5) is 26.1. The van der Waals surface area contributed by atoms with Crippen molar-refractivity contribution in [3.8, 4) is 34.3 Å². The lowest BCUT2D eigenvalue weighted by Crippen LogP contribution is -2.41. The Morgan fingerprint density at radius 1 is 1.07 bits per heavy atom. The third-order valence-electron chi connectivity index (χ3n) is 10.4. The SMILES string of the molecule is COc1cc(C(=O)N2CC3CCC2C3N)cc2nc(-c3cc4ccc(-c5ccc6c(c5)CCO6)nc4n3CC3CC3)n(C)c12. The van der Waals surface area contributed by atoms with Crippen molar-refractivity contribution in [2.24, 2.45) is 24.6 Å². The number of rotatable bonds is 6. The first-order valence-electron chi connectivity index (χ1n) is 15.8. The van der Waals surface area contributed by atoms with Gasteiger partial charge in [-0.3, -0.25) is 4.79 Å². The molecular formula is C35H36N6O3. The first kappa shape index (κ1) is 26.1. The fourth-order valence-electron chi connectivity index (χ4n) is 7.83. The summed E-state index contributed by atoms with van der Waals surface area (Å²) in [6, 6.07) is 16.8. The number of ether oxygens (including phenoxy) is 2. The van der Waals surface area contributed by atoms with Gasteiger partial charge in [-0.15, -0.1) is 0 Å². The van der Waals surface area contributed by atoms with Gasteiger partial charge < -0.3 is 29.2 Å². The zero-order chi connectivity index (χ0) is 29.7. The van der Waals surface area contributed by atoms with Gasteiger partial charge in [0.25, 0.3) is 5.91 Å². The number of carbonyl (C=O) groups is 1. The Balaban J connectivity index is 1.15. The second-order valence-electron chi connectivity index (χ2n) is 13.1. The summed E-state index contributed by atoms with van der Waals surface area (Å²) in [5.41, 5.74) is 13.9. The number of imidazole rings is 1. The molecule has 5 heterocycles. The molecule has 0 spiro atoms. The highest BCUT2D eigenvalue weighted by atomic mass is 16.5. The predicted octanol–water partition coefficient (Wildman–Crippen LogP) is 5.17. The number of aromatic nitrogens is 4. The first-order chi connectivity index (χ1) is 21.5. The quantitative estimate of drug-likeness (QED) is 0.294. The Morgan fingerprint density at radius 2 is 1.95 bits per heavy atom. The Labute approximate surface area is 255 Å². The first-order valence-corrected chi connectivity index (χ1v) is 15.8. The highest BCUT2D eigenvalue weighted by Gasteiger charge is 2.47. The number of carbonyl (C=O) groups excluding carboxylic acids is 1. The molecule has 44 heavy (non-hydrogen) atoms. The number of nitrogens with zero attached hydrogens (tertiary/aromatic N) is 5. The number of hydrogen-bond acceptors (Lipinski definition) is 6. The monoisotopic (exact) mass is 588 g/mol. The standard InChI is InChI=1S/C35H36N6O3/c1-39-32-26(14-24(16-30(32)43-2)35(42)41-18-23-6-9-27(41)31(23)36)38-34(39)28-15-22-5-8-25(37-33(22)40(28)17-19-3-4-19)20-7-10-29-21(13-20)11-12-44-29/h5,7-8,10,13-16,19,23,27,31H,3-4,6,9,11-12,17-18,36H2,1-2H3. The van der Waals surface area contributed by atoms with E-state index in [1.54, 1.807) is 7.11 Å². The molecule has 2 aliphatic heterocycles. The third kappa shape index (κ3) is 3.91. The minimum absolute atomic E-state index is 0.0118. The van der Waals surface area contributed by atoms with Crippen LogP contribution in [0.3, 0.4) is 0 Å². The minimum Gasteiger partial charge on any atom is -0.494 e. The van der Waals surface area contributed by atoms with Crippen molar-refractivity contribution in [3.05, 3.63) is 59.7 Å². The van der Waals surface area contributed by atoms with Gasteiger partial charge in [-0.25, -0.2) is 9.97 Å². The van der Waals surface area contributed by atoms with E-state index in [0.29, 0.717) is 23.1 Å². The number of nitrogens with two attached hydrogens (primary N) is 1. The molecule has 3 atom stereocenters. The molecule has 5 aromatic rings. The lowest BCUT2D eigenvalue weighted by atomic mass is 10.1. The molecule has 3 fully saturated rings. The van der Waals surface area contributed by atoms with Crippen LogP contribution in [0.15, 0.2) is 48.5 Å². The van der Waals surface area contributed by atoms with Crippen molar-refractivity contribution in [2.75, 3.05) is 20.3 Å². The number of methoxy groups -OCH3 is 1. The molecule has 3 aromatic heterocycles. The molecule has 1 saturated heterocycles. The second-order valence-corrected chi connectivity index (χ2v) is 13.1. The van der Waals surface area contributed by atoms with Gasteiger partial charge in [0.15, 0.2) is 5.82 Å². The van der Waals surface area contributed by atoms with Crippen molar-refractivity contribution in [1.29, 1.82) is 0 Å². The summed E-state index contributed by atoms with van der Waals surface area (Å²) in [6.45, 7) is 2.37. The van der Waals surface area contributed by atoms with Crippen LogP contribution in [0.1, 0.15) is 41.6 Å². The number of piperidine rings is 1. The molecule has 1 amide bonds. The van der Waals surface area contributed by atoms with Crippen molar-refractivity contribution in [1.82, 2.24) is 24.0 Å². The maximum Gasteiger partial charge on any atom is 0.254 e. The predicted molar refractivity (Wildman–Crippen MR) is 169 cm³/mol. The van der Waals surface area contributed by atoms with E-state index >= 15 is 0 Å². The molecule has 9 nitrogen and oxygen atoms in total. The Bertz CT molecular complexity index is 1990. The van der Waals surface area contributed by atoms with Gasteiger partial charge in [0.05, 0.1) is 30.6 Å². The summed E-state index contributed by atoms with van der Waals surface area (Å²) < 4.78 is 16.0. The molecular weight excluding hydrogens is 552 g/mol. The van der Waals surface area contributed by atoms with Crippen LogP contribution in [-0.4, -0.2) is 62.3 Å². The van der Waals surface area contributed by atoms with E-state index in [1.165, 1.54) is 18.4 Å². The van der Waals surface area contributed by atoms with Crippen molar-refractivity contribution >= 4 is 28.0 Å². The molecule has 4 aliphatic rings. The number of likely N-dealkylation sites (tertiary alicyclic amines) is 1. The largest absolute Gasteiger partial charge is 0.494 e. The van der Waals surface area contributed by atoms with Gasteiger partial charge in [0.1, 0.15) is 22.7 Å². The highest BCUT2D eigenvalue weighted by molar-refractivity contribution is 6.00. The molecule has 9 heteroatoms. The van der Waals surface area contributed by atoms with E-state index < -0.39 is 0 Å². The number of hydrogen-bond donors (Lipinski definition) is 1. The zero-order valence-electron chi connectivity index (χ0n) is 25.1. The number of aryl methyl sites for hydroxylation is 1. The van der Waals surface area contributed by atoms with Crippen LogP contribution in [0.4, 0.5) is 0 Å². The van der Waals surface area contributed by atoms with Gasteiger partial charge in [-0.1, -0.05) is 0 Å². The second kappa shape index (κ2) is 9.56. The lowest BCUT2D eigenvalue weighted by Gasteiger charge is -2.27. The molecule has 0 radical (unpaired) electrons. The molecule has 3 unspecified atom stereocenters. The molecule has 9 rings (SSSR count). The van der Waals surface area contributed by atoms with Gasteiger partial charge in [-0.2, -0.15) is 0 Å². The van der Waals surface area contributed by atoms with Crippen LogP contribution in [0.25, 0.3) is 44.8 Å². The van der Waals surface area contributed by atoms with Crippen LogP contribution in [-0.2, 0) is 20.0 Å². The number of pyridine rings is 1. The highest BCUT2D eigenvalue weighted by Crippen LogP contribution is 2.40. The van der Waals surface area contributed by atoms with E-state index in [4.69, 9.17) is 25.2 Å². The average Bonchev–Trinajstić information content (AvgIpc) is 3.34. The number of benzene rings is 2. The Hall–Kier alpha value is -4.37. The van der Waals surface area contributed by atoms with Crippen molar-refractivity contribution in [3.63, 3.8) is 0 Å².